The lowest BCUT2D eigenvalue weighted by atomic mass is 10.2. The minimum absolute atomic E-state index is 0.374. The number of rotatable bonds is 7. The fourth-order valence-electron chi connectivity index (χ4n) is 2.65. The highest BCUT2D eigenvalue weighted by molar-refractivity contribution is 4.81. The Labute approximate surface area is 109 Å². The lowest BCUT2D eigenvalue weighted by Gasteiger charge is -2.23. The maximum Gasteiger partial charge on any atom is 0.0860 e. The Balaban J connectivity index is 1.62. The quantitative estimate of drug-likeness (QED) is 0.734. The zero-order chi connectivity index (χ0) is 12.8. The average Bonchev–Trinajstić information content (AvgIpc) is 3.00. The molecular weight excluding hydrogens is 228 g/mol. The molecule has 2 heterocycles. The van der Waals surface area contributed by atoms with Crippen LogP contribution in [0.15, 0.2) is 18.5 Å². The van der Waals surface area contributed by atoms with Crippen molar-refractivity contribution >= 4 is 0 Å². The van der Waals surface area contributed by atoms with Crippen LogP contribution in [0.1, 0.15) is 19.8 Å². The highest BCUT2D eigenvalue weighted by Gasteiger charge is 2.22. The van der Waals surface area contributed by atoms with Gasteiger partial charge in [-0.1, -0.05) is 6.92 Å². The van der Waals surface area contributed by atoms with Gasteiger partial charge >= 0.3 is 0 Å². The van der Waals surface area contributed by atoms with Gasteiger partial charge in [0.25, 0.3) is 0 Å². The van der Waals surface area contributed by atoms with E-state index in [1.165, 1.54) is 19.4 Å². The van der Waals surface area contributed by atoms with Gasteiger partial charge in [-0.15, -0.1) is 0 Å². The molecule has 0 amide bonds. The van der Waals surface area contributed by atoms with Crippen molar-refractivity contribution in [3.8, 4) is 0 Å². The summed E-state index contributed by atoms with van der Waals surface area (Å²) in [6.07, 6.45) is 5.81. The first-order valence-electron chi connectivity index (χ1n) is 6.90. The Morgan fingerprint density at radius 2 is 2.44 bits per heavy atom. The first kappa shape index (κ1) is 13.5. The fourth-order valence-corrected chi connectivity index (χ4v) is 2.65. The van der Waals surface area contributed by atoms with Gasteiger partial charge in [0.1, 0.15) is 0 Å². The van der Waals surface area contributed by atoms with E-state index in [0.29, 0.717) is 19.1 Å². The molecule has 5 heteroatoms. The molecule has 1 aromatic heterocycles. The van der Waals surface area contributed by atoms with Gasteiger partial charge in [0.05, 0.1) is 12.6 Å². The molecule has 102 valence electrons. The minimum atomic E-state index is -0.374. The summed E-state index contributed by atoms with van der Waals surface area (Å²) in [5.74, 6) is 0. The fraction of sp³-hybridized carbons (Fsp3) is 0.769. The lowest BCUT2D eigenvalue weighted by molar-refractivity contribution is 0.143. The van der Waals surface area contributed by atoms with Crippen molar-refractivity contribution in [2.24, 2.45) is 0 Å². The van der Waals surface area contributed by atoms with Gasteiger partial charge in [-0.25, -0.2) is 0 Å². The Hall–Kier alpha value is -0.910. The third kappa shape index (κ3) is 3.80. The molecule has 0 aliphatic carbocycles. The van der Waals surface area contributed by atoms with Crippen LogP contribution in [0.4, 0.5) is 0 Å². The number of aliphatic hydroxyl groups is 1. The topological polar surface area (TPSA) is 53.3 Å². The van der Waals surface area contributed by atoms with E-state index in [1.807, 2.05) is 12.3 Å². The van der Waals surface area contributed by atoms with Gasteiger partial charge in [-0.2, -0.15) is 5.10 Å². The molecule has 1 aromatic rings. The van der Waals surface area contributed by atoms with Crippen molar-refractivity contribution in [3.63, 3.8) is 0 Å². The third-order valence-electron chi connectivity index (χ3n) is 3.62. The van der Waals surface area contributed by atoms with Gasteiger partial charge in [0.2, 0.25) is 0 Å². The van der Waals surface area contributed by atoms with Crippen LogP contribution < -0.4 is 5.32 Å². The van der Waals surface area contributed by atoms with Crippen LogP contribution in [-0.2, 0) is 6.54 Å². The number of hydrogen-bond acceptors (Lipinski definition) is 4. The predicted octanol–water partition coefficient (Wildman–Crippen LogP) is 0.318. The highest BCUT2D eigenvalue weighted by atomic mass is 16.3. The number of hydrogen-bond donors (Lipinski definition) is 2. The van der Waals surface area contributed by atoms with Crippen LogP contribution >= 0.6 is 0 Å². The van der Waals surface area contributed by atoms with Crippen LogP contribution in [0, 0.1) is 0 Å². The molecule has 1 saturated heterocycles. The first-order valence-corrected chi connectivity index (χ1v) is 6.90. The van der Waals surface area contributed by atoms with E-state index in [-0.39, 0.29) is 6.10 Å². The van der Waals surface area contributed by atoms with Crippen molar-refractivity contribution in [1.29, 1.82) is 0 Å². The molecular formula is C13H24N4O. The number of aliphatic hydroxyl groups excluding tert-OH is 1. The van der Waals surface area contributed by atoms with Gasteiger partial charge in [0, 0.05) is 31.5 Å². The summed E-state index contributed by atoms with van der Waals surface area (Å²) in [4.78, 5) is 2.51. The zero-order valence-corrected chi connectivity index (χ0v) is 11.1. The van der Waals surface area contributed by atoms with E-state index in [2.05, 4.69) is 22.2 Å². The Morgan fingerprint density at radius 3 is 3.17 bits per heavy atom. The zero-order valence-electron chi connectivity index (χ0n) is 11.1. The molecule has 0 aromatic carbocycles. The molecule has 5 nitrogen and oxygen atoms in total. The van der Waals surface area contributed by atoms with Crippen molar-refractivity contribution < 1.29 is 5.11 Å². The highest BCUT2D eigenvalue weighted by Crippen LogP contribution is 2.15. The normalized spacial score (nSPS) is 22.4. The van der Waals surface area contributed by atoms with Crippen LogP contribution in [0.3, 0.4) is 0 Å². The van der Waals surface area contributed by atoms with Gasteiger partial charge in [-0.3, -0.25) is 9.58 Å². The summed E-state index contributed by atoms with van der Waals surface area (Å²) in [6.45, 7) is 6.73. The molecule has 2 unspecified atom stereocenters. The molecule has 1 aliphatic heterocycles. The summed E-state index contributed by atoms with van der Waals surface area (Å²) in [5.41, 5.74) is 0. The van der Waals surface area contributed by atoms with Gasteiger partial charge < -0.3 is 10.4 Å². The van der Waals surface area contributed by atoms with E-state index < -0.39 is 0 Å². The van der Waals surface area contributed by atoms with Gasteiger partial charge in [0.15, 0.2) is 0 Å². The summed E-state index contributed by atoms with van der Waals surface area (Å²) in [7, 11) is 0. The SMILES string of the molecule is CCN1CCCC1CNCC(O)Cn1cccn1. The molecule has 18 heavy (non-hydrogen) atoms. The predicted molar refractivity (Wildman–Crippen MR) is 71.4 cm³/mol. The lowest BCUT2D eigenvalue weighted by Crippen LogP contribution is -2.40. The van der Waals surface area contributed by atoms with E-state index in [0.717, 1.165) is 13.1 Å². The number of nitrogens with one attached hydrogen (secondary N) is 1. The molecule has 0 saturated carbocycles. The number of likely N-dealkylation sites (tertiary alicyclic amines) is 1. The molecule has 0 radical (unpaired) electrons. The average molecular weight is 252 g/mol. The summed E-state index contributed by atoms with van der Waals surface area (Å²) < 4.78 is 1.76. The molecule has 1 aliphatic rings. The largest absolute Gasteiger partial charge is 0.390 e. The Kier molecular flexibility index (Phi) is 5.16. The number of nitrogens with zero attached hydrogens (tertiary/aromatic N) is 3. The molecule has 1 fully saturated rings. The number of aromatic nitrogens is 2. The van der Waals surface area contributed by atoms with Crippen LogP contribution in [0.25, 0.3) is 0 Å². The van der Waals surface area contributed by atoms with Crippen molar-refractivity contribution in [1.82, 2.24) is 20.0 Å². The standard InChI is InChI=1S/C13H24N4O/c1-2-16-7-3-5-12(16)9-14-10-13(18)11-17-8-4-6-15-17/h4,6,8,12-14,18H,2-3,5,7,9-11H2,1H3. The van der Waals surface area contributed by atoms with E-state index in [1.54, 1.807) is 10.9 Å². The van der Waals surface area contributed by atoms with E-state index in [9.17, 15) is 5.11 Å². The Morgan fingerprint density at radius 1 is 1.56 bits per heavy atom. The summed E-state index contributed by atoms with van der Waals surface area (Å²) in [5, 5.41) is 17.3. The van der Waals surface area contributed by atoms with Crippen molar-refractivity contribution in [2.75, 3.05) is 26.2 Å². The van der Waals surface area contributed by atoms with Crippen LogP contribution in [0.5, 0.6) is 0 Å². The number of likely N-dealkylation sites (N-methyl/N-ethyl adjacent to an activating group) is 1. The molecule has 2 N–H and O–H groups in total. The summed E-state index contributed by atoms with van der Waals surface area (Å²) >= 11 is 0. The molecule has 2 atom stereocenters. The maximum absolute atomic E-state index is 9.88. The smallest absolute Gasteiger partial charge is 0.0860 e. The maximum atomic E-state index is 9.88. The second-order valence-electron chi connectivity index (χ2n) is 4.96. The Bertz CT molecular complexity index is 328. The molecule has 0 bridgehead atoms. The second kappa shape index (κ2) is 6.87. The molecule has 0 spiro atoms. The van der Waals surface area contributed by atoms with E-state index in [4.69, 9.17) is 0 Å². The minimum Gasteiger partial charge on any atom is -0.390 e. The molecule has 2 rings (SSSR count). The van der Waals surface area contributed by atoms with Crippen molar-refractivity contribution in [3.05, 3.63) is 18.5 Å². The summed E-state index contributed by atoms with van der Waals surface area (Å²) in [6, 6.07) is 2.52. The van der Waals surface area contributed by atoms with Gasteiger partial charge in [-0.05, 0) is 32.0 Å². The first-order chi connectivity index (χ1) is 8.79. The van der Waals surface area contributed by atoms with E-state index >= 15 is 0 Å². The second-order valence-corrected chi connectivity index (χ2v) is 4.96. The van der Waals surface area contributed by atoms with Crippen LogP contribution in [0.2, 0.25) is 0 Å². The third-order valence-corrected chi connectivity index (χ3v) is 3.62. The monoisotopic (exact) mass is 252 g/mol. The van der Waals surface area contributed by atoms with Crippen LogP contribution in [-0.4, -0.2) is 58.1 Å². The van der Waals surface area contributed by atoms with Crippen molar-refractivity contribution in [2.45, 2.75) is 38.5 Å².